The van der Waals surface area contributed by atoms with Gasteiger partial charge in [0.15, 0.2) is 0 Å². The van der Waals surface area contributed by atoms with Gasteiger partial charge < -0.3 is 10.4 Å². The maximum absolute atomic E-state index is 12.4. The SMILES string of the molecule is Cc1nc(-c2ccsc2)sc1C(=O)N[C@@H]1CCCC[C@H]1O. The van der Waals surface area contributed by atoms with Crippen molar-refractivity contribution in [2.24, 2.45) is 0 Å². The lowest BCUT2D eigenvalue weighted by Gasteiger charge is -2.28. The van der Waals surface area contributed by atoms with Crippen molar-refractivity contribution in [3.8, 4) is 10.6 Å². The minimum atomic E-state index is -0.424. The minimum Gasteiger partial charge on any atom is -0.391 e. The smallest absolute Gasteiger partial charge is 0.263 e. The van der Waals surface area contributed by atoms with E-state index < -0.39 is 6.10 Å². The van der Waals surface area contributed by atoms with Crippen molar-refractivity contribution >= 4 is 28.6 Å². The van der Waals surface area contributed by atoms with Gasteiger partial charge in [-0.2, -0.15) is 11.3 Å². The molecule has 2 heterocycles. The van der Waals surface area contributed by atoms with E-state index >= 15 is 0 Å². The van der Waals surface area contributed by atoms with Gasteiger partial charge in [-0.25, -0.2) is 4.98 Å². The van der Waals surface area contributed by atoms with E-state index in [1.807, 2.05) is 23.8 Å². The van der Waals surface area contributed by atoms with Crippen molar-refractivity contribution < 1.29 is 9.90 Å². The molecule has 6 heteroatoms. The van der Waals surface area contributed by atoms with Crippen LogP contribution in [0.15, 0.2) is 16.8 Å². The first-order chi connectivity index (χ1) is 10.1. The van der Waals surface area contributed by atoms with Gasteiger partial charge in [0, 0.05) is 10.9 Å². The highest BCUT2D eigenvalue weighted by Gasteiger charge is 2.26. The quantitative estimate of drug-likeness (QED) is 0.912. The Morgan fingerprint density at radius 1 is 1.43 bits per heavy atom. The van der Waals surface area contributed by atoms with Gasteiger partial charge in [-0.3, -0.25) is 4.79 Å². The summed E-state index contributed by atoms with van der Waals surface area (Å²) in [6.07, 6.45) is 3.29. The van der Waals surface area contributed by atoms with Crippen LogP contribution >= 0.6 is 22.7 Å². The number of hydrogen-bond acceptors (Lipinski definition) is 5. The third-order valence-electron chi connectivity index (χ3n) is 3.82. The lowest BCUT2D eigenvalue weighted by atomic mass is 9.92. The van der Waals surface area contributed by atoms with Gasteiger partial charge in [0.25, 0.3) is 5.91 Å². The molecule has 1 aliphatic rings. The van der Waals surface area contributed by atoms with Crippen LogP contribution in [-0.2, 0) is 0 Å². The number of rotatable bonds is 3. The van der Waals surface area contributed by atoms with Crippen molar-refractivity contribution in [3.05, 3.63) is 27.4 Å². The number of aromatic nitrogens is 1. The molecule has 21 heavy (non-hydrogen) atoms. The normalized spacial score (nSPS) is 22.2. The molecule has 112 valence electrons. The molecule has 1 aliphatic carbocycles. The fourth-order valence-corrected chi connectivity index (χ4v) is 4.31. The van der Waals surface area contributed by atoms with E-state index in [-0.39, 0.29) is 11.9 Å². The van der Waals surface area contributed by atoms with Crippen molar-refractivity contribution in [1.82, 2.24) is 10.3 Å². The van der Waals surface area contributed by atoms with Gasteiger partial charge in [0.1, 0.15) is 9.88 Å². The summed E-state index contributed by atoms with van der Waals surface area (Å²) >= 11 is 3.04. The van der Waals surface area contributed by atoms with E-state index in [2.05, 4.69) is 10.3 Å². The Kier molecular flexibility index (Phi) is 4.37. The highest BCUT2D eigenvalue weighted by atomic mass is 32.1. The second-order valence-electron chi connectivity index (χ2n) is 5.38. The first kappa shape index (κ1) is 14.7. The van der Waals surface area contributed by atoms with Crippen molar-refractivity contribution in [2.45, 2.75) is 44.8 Å². The topological polar surface area (TPSA) is 62.2 Å². The zero-order valence-corrected chi connectivity index (χ0v) is 13.5. The Balaban J connectivity index is 1.75. The molecule has 0 radical (unpaired) electrons. The molecule has 0 unspecified atom stereocenters. The molecule has 0 aliphatic heterocycles. The van der Waals surface area contributed by atoms with Crippen LogP contribution in [0, 0.1) is 6.92 Å². The summed E-state index contributed by atoms with van der Waals surface area (Å²) in [6.45, 7) is 1.86. The van der Waals surface area contributed by atoms with Crippen molar-refractivity contribution in [2.75, 3.05) is 0 Å². The summed E-state index contributed by atoms with van der Waals surface area (Å²) in [4.78, 5) is 17.5. The number of aliphatic hydroxyl groups is 1. The predicted molar refractivity (Wildman–Crippen MR) is 85.9 cm³/mol. The Morgan fingerprint density at radius 2 is 2.24 bits per heavy atom. The molecule has 0 spiro atoms. The molecule has 1 saturated carbocycles. The second-order valence-corrected chi connectivity index (χ2v) is 7.16. The summed E-state index contributed by atoms with van der Waals surface area (Å²) in [5.74, 6) is -0.113. The fourth-order valence-electron chi connectivity index (χ4n) is 2.63. The van der Waals surface area contributed by atoms with E-state index in [1.54, 1.807) is 11.3 Å². The minimum absolute atomic E-state index is 0.113. The zero-order chi connectivity index (χ0) is 14.8. The van der Waals surface area contributed by atoms with Crippen LogP contribution in [0.25, 0.3) is 10.6 Å². The third kappa shape index (κ3) is 3.17. The standard InChI is InChI=1S/C15H18N2O2S2/c1-9-13(21-15(16-9)10-6-7-20-8-10)14(19)17-11-4-2-3-5-12(11)18/h6-8,11-12,18H,2-5H2,1H3,(H,17,19)/t11-,12-/m1/s1. The Hall–Kier alpha value is -1.24. The Labute approximate surface area is 131 Å². The molecule has 2 aromatic rings. The summed E-state index contributed by atoms with van der Waals surface area (Å²) in [5.41, 5.74) is 1.81. The van der Waals surface area contributed by atoms with Crippen LogP contribution in [0.3, 0.4) is 0 Å². The molecule has 4 nitrogen and oxygen atoms in total. The lowest BCUT2D eigenvalue weighted by Crippen LogP contribution is -2.45. The number of thiophene rings is 1. The summed E-state index contributed by atoms with van der Waals surface area (Å²) in [6, 6.07) is 1.88. The number of amides is 1. The Morgan fingerprint density at radius 3 is 2.95 bits per heavy atom. The first-order valence-corrected chi connectivity index (χ1v) is 8.90. The van der Waals surface area contributed by atoms with Gasteiger partial charge in [-0.15, -0.1) is 11.3 Å². The molecule has 2 atom stereocenters. The molecular weight excluding hydrogens is 304 g/mol. The van der Waals surface area contributed by atoms with Gasteiger partial charge in [0.05, 0.1) is 17.8 Å². The van der Waals surface area contributed by atoms with Gasteiger partial charge in [-0.05, 0) is 31.2 Å². The summed E-state index contributed by atoms with van der Waals surface area (Å²) in [5, 5.41) is 17.8. The second kappa shape index (κ2) is 6.25. The van der Waals surface area contributed by atoms with Crippen LogP contribution in [0.4, 0.5) is 0 Å². The monoisotopic (exact) mass is 322 g/mol. The zero-order valence-electron chi connectivity index (χ0n) is 11.8. The average Bonchev–Trinajstić information content (AvgIpc) is 3.10. The highest BCUT2D eigenvalue weighted by molar-refractivity contribution is 7.17. The molecule has 2 aromatic heterocycles. The maximum atomic E-state index is 12.4. The lowest BCUT2D eigenvalue weighted by molar-refractivity contribution is 0.0719. The number of carbonyl (C=O) groups is 1. The van der Waals surface area contributed by atoms with Crippen molar-refractivity contribution in [3.63, 3.8) is 0 Å². The van der Waals surface area contributed by atoms with Gasteiger partial charge in [0.2, 0.25) is 0 Å². The highest BCUT2D eigenvalue weighted by Crippen LogP contribution is 2.29. The Bertz CT molecular complexity index is 622. The predicted octanol–water partition coefficient (Wildman–Crippen LogP) is 3.21. The van der Waals surface area contributed by atoms with E-state index in [1.165, 1.54) is 11.3 Å². The number of nitrogens with zero attached hydrogens (tertiary/aromatic N) is 1. The molecule has 1 fully saturated rings. The number of nitrogens with one attached hydrogen (secondary N) is 1. The average molecular weight is 322 g/mol. The number of carbonyl (C=O) groups excluding carboxylic acids is 1. The van der Waals surface area contributed by atoms with Crippen LogP contribution < -0.4 is 5.32 Å². The van der Waals surface area contributed by atoms with Gasteiger partial charge in [-0.1, -0.05) is 12.8 Å². The molecule has 3 rings (SSSR count). The van der Waals surface area contributed by atoms with Crippen LogP contribution in [0.2, 0.25) is 0 Å². The molecule has 1 amide bonds. The first-order valence-electron chi connectivity index (χ1n) is 7.14. The largest absolute Gasteiger partial charge is 0.391 e. The molecule has 0 saturated heterocycles. The number of aryl methyl sites for hydroxylation is 1. The number of aliphatic hydroxyl groups excluding tert-OH is 1. The van der Waals surface area contributed by atoms with E-state index in [0.717, 1.165) is 41.9 Å². The van der Waals surface area contributed by atoms with Crippen LogP contribution in [0.1, 0.15) is 41.0 Å². The van der Waals surface area contributed by atoms with Gasteiger partial charge >= 0.3 is 0 Å². The van der Waals surface area contributed by atoms with Crippen LogP contribution in [-0.4, -0.2) is 28.1 Å². The molecule has 0 aromatic carbocycles. The number of thiazole rings is 1. The summed E-state index contributed by atoms with van der Waals surface area (Å²) in [7, 11) is 0. The fraction of sp³-hybridized carbons (Fsp3) is 0.467. The van der Waals surface area contributed by atoms with E-state index in [4.69, 9.17) is 0 Å². The van der Waals surface area contributed by atoms with Crippen molar-refractivity contribution in [1.29, 1.82) is 0 Å². The van der Waals surface area contributed by atoms with E-state index in [0.29, 0.717) is 4.88 Å². The number of hydrogen-bond donors (Lipinski definition) is 2. The molecule has 0 bridgehead atoms. The third-order valence-corrected chi connectivity index (χ3v) is 5.71. The molecular formula is C15H18N2O2S2. The van der Waals surface area contributed by atoms with Crippen LogP contribution in [0.5, 0.6) is 0 Å². The maximum Gasteiger partial charge on any atom is 0.263 e. The van der Waals surface area contributed by atoms with E-state index in [9.17, 15) is 9.90 Å². The molecule has 2 N–H and O–H groups in total. The summed E-state index contributed by atoms with van der Waals surface area (Å²) < 4.78 is 0.